The first-order valence-corrected chi connectivity index (χ1v) is 7.67. The second-order valence-electron chi connectivity index (χ2n) is 5.63. The summed E-state index contributed by atoms with van der Waals surface area (Å²) in [5, 5.41) is 3.19. The van der Waals surface area contributed by atoms with Crippen molar-refractivity contribution in [3.8, 4) is 0 Å². The quantitative estimate of drug-likeness (QED) is 0.945. The molecule has 114 valence electrons. The normalized spacial score (nSPS) is 14.7. The number of hydrogen-bond donors (Lipinski definition) is 1. The molecule has 0 aliphatic carbocycles. The summed E-state index contributed by atoms with van der Waals surface area (Å²) >= 11 is 0. The number of hydrogen-bond acceptors (Lipinski definition) is 4. The largest absolute Gasteiger partial charge is 0.339 e. The van der Waals surface area contributed by atoms with Crippen LogP contribution in [-0.4, -0.2) is 33.9 Å². The minimum absolute atomic E-state index is 0.0192. The molecule has 5 heteroatoms. The molecule has 1 aromatic carbocycles. The van der Waals surface area contributed by atoms with Crippen molar-refractivity contribution in [3.05, 3.63) is 47.9 Å². The van der Waals surface area contributed by atoms with Crippen LogP contribution >= 0.6 is 0 Å². The predicted molar refractivity (Wildman–Crippen MR) is 86.2 cm³/mol. The van der Waals surface area contributed by atoms with Crippen LogP contribution in [0.15, 0.2) is 36.7 Å². The molecule has 0 spiro atoms. The van der Waals surface area contributed by atoms with Gasteiger partial charge in [0, 0.05) is 18.8 Å². The Labute approximate surface area is 130 Å². The van der Waals surface area contributed by atoms with Gasteiger partial charge in [0.25, 0.3) is 5.91 Å². The zero-order valence-corrected chi connectivity index (χ0v) is 12.7. The van der Waals surface area contributed by atoms with Gasteiger partial charge in [-0.2, -0.15) is 0 Å². The van der Waals surface area contributed by atoms with E-state index in [1.807, 2.05) is 36.1 Å². The smallest absolute Gasteiger partial charge is 0.274 e. The van der Waals surface area contributed by atoms with E-state index in [0.717, 1.165) is 31.6 Å². The number of anilines is 2. The van der Waals surface area contributed by atoms with E-state index in [4.69, 9.17) is 0 Å². The number of aryl methyl sites for hydroxylation is 1. The maximum atomic E-state index is 12.3. The average molecular weight is 296 g/mol. The average Bonchev–Trinajstić information content (AvgIpc) is 2.56. The fourth-order valence-electron chi connectivity index (χ4n) is 2.63. The second-order valence-corrected chi connectivity index (χ2v) is 5.63. The van der Waals surface area contributed by atoms with Gasteiger partial charge in [-0.1, -0.05) is 12.1 Å². The van der Waals surface area contributed by atoms with Gasteiger partial charge in [0.2, 0.25) is 0 Å². The van der Waals surface area contributed by atoms with E-state index in [1.165, 1.54) is 12.0 Å². The summed E-state index contributed by atoms with van der Waals surface area (Å²) in [5.41, 5.74) is 2.55. The SMILES string of the molecule is Cc1cccc(Nc2cnc(C(=O)N3CCCCC3)cn2)c1. The van der Waals surface area contributed by atoms with Gasteiger partial charge < -0.3 is 10.2 Å². The summed E-state index contributed by atoms with van der Waals surface area (Å²) in [7, 11) is 0. The van der Waals surface area contributed by atoms with Crippen molar-refractivity contribution in [1.29, 1.82) is 0 Å². The van der Waals surface area contributed by atoms with E-state index >= 15 is 0 Å². The van der Waals surface area contributed by atoms with Gasteiger partial charge in [-0.25, -0.2) is 9.97 Å². The van der Waals surface area contributed by atoms with Crippen molar-refractivity contribution >= 4 is 17.4 Å². The number of carbonyl (C=O) groups excluding carboxylic acids is 1. The molecule has 1 N–H and O–H groups in total. The Morgan fingerprint density at radius 3 is 2.64 bits per heavy atom. The molecule has 0 atom stereocenters. The van der Waals surface area contributed by atoms with Crippen molar-refractivity contribution in [1.82, 2.24) is 14.9 Å². The van der Waals surface area contributed by atoms with Crippen LogP contribution in [0.4, 0.5) is 11.5 Å². The summed E-state index contributed by atoms with van der Waals surface area (Å²) in [5.74, 6) is 0.620. The van der Waals surface area contributed by atoms with Gasteiger partial charge in [-0.3, -0.25) is 4.79 Å². The van der Waals surface area contributed by atoms with Crippen molar-refractivity contribution in [2.45, 2.75) is 26.2 Å². The molecule has 2 aromatic rings. The Bertz CT molecular complexity index is 648. The number of carbonyl (C=O) groups is 1. The highest BCUT2D eigenvalue weighted by molar-refractivity contribution is 5.92. The Balaban J connectivity index is 1.68. The number of benzene rings is 1. The molecule has 22 heavy (non-hydrogen) atoms. The Morgan fingerprint density at radius 1 is 1.14 bits per heavy atom. The predicted octanol–water partition coefficient (Wildman–Crippen LogP) is 3.15. The highest BCUT2D eigenvalue weighted by atomic mass is 16.2. The van der Waals surface area contributed by atoms with E-state index < -0.39 is 0 Å². The molecule has 1 fully saturated rings. The van der Waals surface area contributed by atoms with Crippen molar-refractivity contribution in [3.63, 3.8) is 0 Å². The molecule has 5 nitrogen and oxygen atoms in total. The molecule has 1 amide bonds. The van der Waals surface area contributed by atoms with Crippen LogP contribution in [-0.2, 0) is 0 Å². The number of nitrogens with one attached hydrogen (secondary N) is 1. The van der Waals surface area contributed by atoms with Gasteiger partial charge in [0.1, 0.15) is 11.5 Å². The number of nitrogens with zero attached hydrogens (tertiary/aromatic N) is 3. The lowest BCUT2D eigenvalue weighted by atomic mass is 10.1. The number of rotatable bonds is 3. The van der Waals surface area contributed by atoms with Gasteiger partial charge in [0.05, 0.1) is 12.4 Å². The van der Waals surface area contributed by atoms with Crippen molar-refractivity contribution < 1.29 is 4.79 Å². The minimum atomic E-state index is -0.0192. The highest BCUT2D eigenvalue weighted by Crippen LogP contribution is 2.16. The molecule has 0 bridgehead atoms. The van der Waals surface area contributed by atoms with E-state index in [0.29, 0.717) is 11.5 Å². The van der Waals surface area contributed by atoms with Crippen LogP contribution < -0.4 is 5.32 Å². The lowest BCUT2D eigenvalue weighted by Crippen LogP contribution is -2.36. The third kappa shape index (κ3) is 3.42. The third-order valence-electron chi connectivity index (χ3n) is 3.80. The number of likely N-dealkylation sites (tertiary alicyclic amines) is 1. The lowest BCUT2D eigenvalue weighted by Gasteiger charge is -2.26. The van der Waals surface area contributed by atoms with Crippen LogP contribution in [0.2, 0.25) is 0 Å². The molecular formula is C17H20N4O. The van der Waals surface area contributed by atoms with E-state index in [-0.39, 0.29) is 5.91 Å². The van der Waals surface area contributed by atoms with Crippen LogP contribution in [0.1, 0.15) is 35.3 Å². The molecule has 1 aliphatic rings. The first kappa shape index (κ1) is 14.5. The summed E-state index contributed by atoms with van der Waals surface area (Å²) < 4.78 is 0. The lowest BCUT2D eigenvalue weighted by molar-refractivity contribution is 0.0718. The minimum Gasteiger partial charge on any atom is -0.339 e. The maximum Gasteiger partial charge on any atom is 0.274 e. The summed E-state index contributed by atoms with van der Waals surface area (Å²) in [6.07, 6.45) is 6.52. The Hall–Kier alpha value is -2.43. The zero-order valence-electron chi connectivity index (χ0n) is 12.7. The number of piperidine rings is 1. The van der Waals surface area contributed by atoms with Crippen LogP contribution in [0, 0.1) is 6.92 Å². The van der Waals surface area contributed by atoms with Crippen molar-refractivity contribution in [2.75, 3.05) is 18.4 Å². The molecule has 1 aliphatic heterocycles. The third-order valence-corrected chi connectivity index (χ3v) is 3.80. The summed E-state index contributed by atoms with van der Waals surface area (Å²) in [4.78, 5) is 22.7. The number of amides is 1. The van der Waals surface area contributed by atoms with Gasteiger partial charge >= 0.3 is 0 Å². The fraction of sp³-hybridized carbons (Fsp3) is 0.353. The zero-order chi connectivity index (χ0) is 15.4. The van der Waals surface area contributed by atoms with E-state index in [2.05, 4.69) is 15.3 Å². The first-order valence-electron chi connectivity index (χ1n) is 7.67. The Kier molecular flexibility index (Phi) is 4.32. The van der Waals surface area contributed by atoms with Crippen LogP contribution in [0.3, 0.4) is 0 Å². The van der Waals surface area contributed by atoms with Gasteiger partial charge in [-0.15, -0.1) is 0 Å². The molecule has 3 rings (SSSR count). The molecule has 1 aromatic heterocycles. The van der Waals surface area contributed by atoms with Gasteiger partial charge in [0.15, 0.2) is 0 Å². The molecule has 2 heterocycles. The summed E-state index contributed by atoms with van der Waals surface area (Å²) in [6.45, 7) is 3.69. The van der Waals surface area contributed by atoms with Gasteiger partial charge in [-0.05, 0) is 43.9 Å². The van der Waals surface area contributed by atoms with Crippen LogP contribution in [0.25, 0.3) is 0 Å². The van der Waals surface area contributed by atoms with E-state index in [9.17, 15) is 4.79 Å². The molecule has 0 radical (unpaired) electrons. The van der Waals surface area contributed by atoms with Crippen molar-refractivity contribution in [2.24, 2.45) is 0 Å². The van der Waals surface area contributed by atoms with E-state index in [1.54, 1.807) is 12.4 Å². The summed E-state index contributed by atoms with van der Waals surface area (Å²) in [6, 6.07) is 8.03. The number of aromatic nitrogens is 2. The molecule has 0 unspecified atom stereocenters. The second kappa shape index (κ2) is 6.56. The fourth-order valence-corrected chi connectivity index (χ4v) is 2.63. The Morgan fingerprint density at radius 2 is 1.95 bits per heavy atom. The topological polar surface area (TPSA) is 58.1 Å². The van der Waals surface area contributed by atoms with Crippen LogP contribution in [0.5, 0.6) is 0 Å². The highest BCUT2D eigenvalue weighted by Gasteiger charge is 2.19. The maximum absolute atomic E-state index is 12.3. The molecular weight excluding hydrogens is 276 g/mol. The molecule has 1 saturated heterocycles. The monoisotopic (exact) mass is 296 g/mol. The molecule has 0 saturated carbocycles. The first-order chi connectivity index (χ1) is 10.7. The standard InChI is InChI=1S/C17H20N4O/c1-13-6-5-7-14(10-13)20-16-12-18-15(11-19-16)17(22)21-8-3-2-4-9-21/h5-7,10-12H,2-4,8-9H2,1H3,(H,19,20).